The van der Waals surface area contributed by atoms with Gasteiger partial charge in [0.2, 0.25) is 0 Å². The van der Waals surface area contributed by atoms with E-state index in [1.165, 1.54) is 0 Å². The van der Waals surface area contributed by atoms with E-state index in [4.69, 9.17) is 9.84 Å². The van der Waals surface area contributed by atoms with Crippen LogP contribution in [0.4, 0.5) is 0 Å². The second-order valence-corrected chi connectivity index (χ2v) is 4.32. The minimum absolute atomic E-state index is 0.0272. The average molecular weight is 216 g/mol. The Kier molecular flexibility index (Phi) is 4.54. The molecule has 1 aliphatic rings. The molecule has 0 aromatic rings. The van der Waals surface area contributed by atoms with Gasteiger partial charge in [0.05, 0.1) is 25.2 Å². The highest BCUT2D eigenvalue weighted by Gasteiger charge is 2.39. The molecule has 15 heavy (non-hydrogen) atoms. The summed E-state index contributed by atoms with van der Waals surface area (Å²) in [5.41, 5.74) is 0. The number of carbonyl (C=O) groups is 1. The van der Waals surface area contributed by atoms with Gasteiger partial charge in [0.1, 0.15) is 0 Å². The normalized spacial score (nSPS) is 32.7. The maximum absolute atomic E-state index is 11.5. The van der Waals surface area contributed by atoms with Crippen LogP contribution in [-0.4, -0.2) is 35.5 Å². The molecule has 1 saturated carbocycles. The molecule has 1 rings (SSSR count). The van der Waals surface area contributed by atoms with E-state index < -0.39 is 6.10 Å². The molecule has 0 aliphatic heterocycles. The second kappa shape index (κ2) is 5.47. The van der Waals surface area contributed by atoms with E-state index in [0.717, 1.165) is 6.42 Å². The molecular formula is C11H20O4. The van der Waals surface area contributed by atoms with Crippen LogP contribution in [0.1, 0.15) is 26.7 Å². The van der Waals surface area contributed by atoms with Gasteiger partial charge in [-0.2, -0.15) is 0 Å². The third-order valence-corrected chi connectivity index (χ3v) is 3.24. The van der Waals surface area contributed by atoms with Gasteiger partial charge in [-0.15, -0.1) is 0 Å². The van der Waals surface area contributed by atoms with E-state index in [1.807, 2.05) is 6.92 Å². The summed E-state index contributed by atoms with van der Waals surface area (Å²) in [6.07, 6.45) is 0.708. The van der Waals surface area contributed by atoms with Crippen LogP contribution < -0.4 is 0 Å². The molecule has 4 unspecified atom stereocenters. The lowest BCUT2D eigenvalue weighted by atomic mass is 9.98. The van der Waals surface area contributed by atoms with Crippen LogP contribution in [0, 0.1) is 17.8 Å². The lowest BCUT2D eigenvalue weighted by Gasteiger charge is -2.15. The number of ether oxygens (including phenoxy) is 1. The van der Waals surface area contributed by atoms with E-state index in [2.05, 4.69) is 0 Å². The minimum Gasteiger partial charge on any atom is -0.466 e. The number of esters is 1. The van der Waals surface area contributed by atoms with Gasteiger partial charge in [-0.25, -0.2) is 0 Å². The molecule has 0 heterocycles. The summed E-state index contributed by atoms with van der Waals surface area (Å²) in [4.78, 5) is 11.5. The van der Waals surface area contributed by atoms with Crippen LogP contribution in [0.15, 0.2) is 0 Å². The Bertz CT molecular complexity index is 217. The predicted octanol–water partition coefficient (Wildman–Crippen LogP) is 0.565. The van der Waals surface area contributed by atoms with E-state index >= 15 is 0 Å². The topological polar surface area (TPSA) is 66.8 Å². The molecule has 0 aromatic carbocycles. The molecule has 0 aromatic heterocycles. The van der Waals surface area contributed by atoms with Crippen molar-refractivity contribution in [3.05, 3.63) is 0 Å². The molecule has 0 saturated heterocycles. The number of carbonyl (C=O) groups excluding carboxylic acids is 1. The van der Waals surface area contributed by atoms with Gasteiger partial charge in [-0.3, -0.25) is 4.79 Å². The van der Waals surface area contributed by atoms with Gasteiger partial charge in [-0.05, 0) is 31.6 Å². The summed E-state index contributed by atoms with van der Waals surface area (Å²) in [6, 6.07) is 0. The summed E-state index contributed by atoms with van der Waals surface area (Å²) in [6.45, 7) is 3.95. The van der Waals surface area contributed by atoms with E-state index in [9.17, 15) is 9.90 Å². The van der Waals surface area contributed by atoms with Crippen LogP contribution >= 0.6 is 0 Å². The molecule has 4 atom stereocenters. The third-order valence-electron chi connectivity index (χ3n) is 3.24. The van der Waals surface area contributed by atoms with Gasteiger partial charge < -0.3 is 14.9 Å². The van der Waals surface area contributed by atoms with Gasteiger partial charge in [0.15, 0.2) is 0 Å². The molecule has 88 valence electrons. The summed E-state index contributed by atoms with van der Waals surface area (Å²) in [5, 5.41) is 18.3. The van der Waals surface area contributed by atoms with Crippen LogP contribution in [0.25, 0.3) is 0 Å². The predicted molar refractivity (Wildman–Crippen MR) is 55.1 cm³/mol. The van der Waals surface area contributed by atoms with E-state index in [-0.39, 0.29) is 30.3 Å². The molecule has 4 heteroatoms. The standard InChI is InChI=1S/C11H20O4/c1-3-15-11(14)9-5-8(4-7(9)2)10(13)6-12/h7-10,12-13H,3-6H2,1-2H3. The summed E-state index contributed by atoms with van der Waals surface area (Å²) in [5.74, 6) is -0.0246. The second-order valence-electron chi connectivity index (χ2n) is 4.32. The monoisotopic (exact) mass is 216 g/mol. The van der Waals surface area contributed by atoms with Crippen molar-refractivity contribution in [3.8, 4) is 0 Å². The Morgan fingerprint density at radius 2 is 2.20 bits per heavy atom. The molecule has 0 amide bonds. The largest absolute Gasteiger partial charge is 0.466 e. The van der Waals surface area contributed by atoms with Crippen LogP contribution in [0.5, 0.6) is 0 Å². The van der Waals surface area contributed by atoms with Crippen molar-refractivity contribution in [1.29, 1.82) is 0 Å². The first-order valence-electron chi connectivity index (χ1n) is 5.55. The Hall–Kier alpha value is -0.610. The van der Waals surface area contributed by atoms with Crippen molar-refractivity contribution in [1.82, 2.24) is 0 Å². The first kappa shape index (κ1) is 12.5. The van der Waals surface area contributed by atoms with Crippen LogP contribution in [0.2, 0.25) is 0 Å². The number of rotatable bonds is 4. The zero-order chi connectivity index (χ0) is 11.4. The fraction of sp³-hybridized carbons (Fsp3) is 0.909. The lowest BCUT2D eigenvalue weighted by Crippen LogP contribution is -2.23. The zero-order valence-corrected chi connectivity index (χ0v) is 9.35. The Balaban J connectivity index is 2.52. The summed E-state index contributed by atoms with van der Waals surface area (Å²) < 4.78 is 4.97. The molecule has 0 radical (unpaired) electrons. The van der Waals surface area contributed by atoms with Crippen molar-refractivity contribution in [2.45, 2.75) is 32.8 Å². The minimum atomic E-state index is -0.702. The Morgan fingerprint density at radius 1 is 1.53 bits per heavy atom. The average Bonchev–Trinajstić information content (AvgIpc) is 2.59. The molecule has 0 spiro atoms. The number of hydrogen-bond acceptors (Lipinski definition) is 4. The van der Waals surface area contributed by atoms with Crippen molar-refractivity contribution in [2.24, 2.45) is 17.8 Å². The first-order chi connectivity index (χ1) is 7.10. The highest BCUT2D eigenvalue weighted by Crippen LogP contribution is 2.38. The van der Waals surface area contributed by atoms with Gasteiger partial charge >= 0.3 is 5.97 Å². The van der Waals surface area contributed by atoms with E-state index in [0.29, 0.717) is 13.0 Å². The summed E-state index contributed by atoms with van der Waals surface area (Å²) in [7, 11) is 0. The van der Waals surface area contributed by atoms with Crippen molar-refractivity contribution >= 4 is 5.97 Å². The van der Waals surface area contributed by atoms with Gasteiger partial charge in [0.25, 0.3) is 0 Å². The first-order valence-corrected chi connectivity index (χ1v) is 5.55. The highest BCUT2D eigenvalue weighted by molar-refractivity contribution is 5.73. The highest BCUT2D eigenvalue weighted by atomic mass is 16.5. The maximum atomic E-state index is 11.5. The smallest absolute Gasteiger partial charge is 0.309 e. The third kappa shape index (κ3) is 2.92. The van der Waals surface area contributed by atoms with Gasteiger partial charge in [-0.1, -0.05) is 6.92 Å². The maximum Gasteiger partial charge on any atom is 0.309 e. The quantitative estimate of drug-likeness (QED) is 0.674. The number of aliphatic hydroxyl groups excluding tert-OH is 2. The molecular weight excluding hydrogens is 196 g/mol. The number of aliphatic hydroxyl groups is 2. The molecule has 1 fully saturated rings. The fourth-order valence-corrected chi connectivity index (χ4v) is 2.34. The van der Waals surface area contributed by atoms with Crippen LogP contribution in [0.3, 0.4) is 0 Å². The Morgan fingerprint density at radius 3 is 2.73 bits per heavy atom. The van der Waals surface area contributed by atoms with E-state index in [1.54, 1.807) is 6.92 Å². The molecule has 0 bridgehead atoms. The zero-order valence-electron chi connectivity index (χ0n) is 9.35. The fourth-order valence-electron chi connectivity index (χ4n) is 2.34. The SMILES string of the molecule is CCOC(=O)C1CC(C(O)CO)CC1C. The van der Waals surface area contributed by atoms with Crippen LogP contribution in [-0.2, 0) is 9.53 Å². The molecule has 4 nitrogen and oxygen atoms in total. The molecule has 1 aliphatic carbocycles. The lowest BCUT2D eigenvalue weighted by molar-refractivity contribution is -0.149. The summed E-state index contributed by atoms with van der Waals surface area (Å²) >= 11 is 0. The Labute approximate surface area is 90.2 Å². The molecule has 2 N–H and O–H groups in total. The van der Waals surface area contributed by atoms with Crippen molar-refractivity contribution < 1.29 is 19.7 Å². The number of hydrogen-bond donors (Lipinski definition) is 2. The van der Waals surface area contributed by atoms with Crippen molar-refractivity contribution in [2.75, 3.05) is 13.2 Å². The van der Waals surface area contributed by atoms with Gasteiger partial charge in [0, 0.05) is 0 Å². The van der Waals surface area contributed by atoms with Crippen molar-refractivity contribution in [3.63, 3.8) is 0 Å².